The number of nitrogens with zero attached hydrogens (tertiary/aromatic N) is 2. The van der Waals surface area contributed by atoms with Crippen LogP contribution >= 0.6 is 22.6 Å². The number of likely N-dealkylation sites (N-methyl/N-ethyl adjacent to an activating group) is 1. The van der Waals surface area contributed by atoms with E-state index >= 15 is 0 Å². The summed E-state index contributed by atoms with van der Waals surface area (Å²) in [6.07, 6.45) is 1.93. The highest BCUT2D eigenvalue weighted by Gasteiger charge is 2.51. The lowest BCUT2D eigenvalue weighted by Gasteiger charge is -2.49. The van der Waals surface area contributed by atoms with Crippen molar-refractivity contribution in [3.63, 3.8) is 0 Å². The molecule has 0 radical (unpaired) electrons. The number of nitrogens with one attached hydrogen (secondary N) is 1. The number of benzene rings is 1. The molecule has 4 rings (SSSR count). The van der Waals surface area contributed by atoms with Crippen LogP contribution in [0, 0.1) is 9.39 Å². The van der Waals surface area contributed by atoms with Crippen molar-refractivity contribution in [1.82, 2.24) is 9.88 Å². The minimum atomic E-state index is -0.787. The van der Waals surface area contributed by atoms with Crippen LogP contribution in [0.15, 0.2) is 47.8 Å². The van der Waals surface area contributed by atoms with Crippen LogP contribution in [0.5, 0.6) is 0 Å². The van der Waals surface area contributed by atoms with Gasteiger partial charge in [0.2, 0.25) is 0 Å². The topological polar surface area (TPSA) is 45.2 Å². The van der Waals surface area contributed by atoms with Crippen LogP contribution in [0.2, 0.25) is 0 Å². The third-order valence-electron chi connectivity index (χ3n) is 5.93. The van der Waals surface area contributed by atoms with Crippen molar-refractivity contribution >= 4 is 34.3 Å². The Hall–Kier alpha value is -1.96. The number of pyridine rings is 1. The standard InChI is InChI=1S/C21H21FIN3O/c1-20(2)10-14-15(19(27)26(20)4)21(3,12-8-6-5-7-9-12)16-17(23)13(22)11-24-18(16)25-14/h5-9,11H,10H2,1-4H3,(H,24,25). The maximum absolute atomic E-state index is 14.5. The lowest BCUT2D eigenvalue weighted by Crippen LogP contribution is -2.54. The highest BCUT2D eigenvalue weighted by molar-refractivity contribution is 14.1. The van der Waals surface area contributed by atoms with Crippen molar-refractivity contribution in [3.05, 3.63) is 68.3 Å². The van der Waals surface area contributed by atoms with E-state index in [2.05, 4.69) is 10.3 Å². The number of carbonyl (C=O) groups excluding carboxylic acids is 1. The van der Waals surface area contributed by atoms with Crippen molar-refractivity contribution in [2.24, 2.45) is 0 Å². The molecule has 2 aliphatic rings. The van der Waals surface area contributed by atoms with E-state index in [9.17, 15) is 9.18 Å². The predicted molar refractivity (Wildman–Crippen MR) is 112 cm³/mol. The third-order valence-corrected chi connectivity index (χ3v) is 6.99. The normalized spacial score (nSPS) is 23.6. The zero-order valence-corrected chi connectivity index (χ0v) is 17.9. The molecule has 1 N–H and O–H groups in total. The van der Waals surface area contributed by atoms with Gasteiger partial charge in [0.1, 0.15) is 5.82 Å². The Morgan fingerprint density at radius 3 is 2.56 bits per heavy atom. The SMILES string of the molecule is CN1C(=O)C2=C(CC1(C)C)Nc1ncc(F)c(I)c1C2(C)c1ccccc1. The van der Waals surface area contributed by atoms with Crippen LogP contribution in [0.3, 0.4) is 0 Å². The van der Waals surface area contributed by atoms with Crippen molar-refractivity contribution in [2.45, 2.75) is 38.1 Å². The van der Waals surface area contributed by atoms with E-state index in [-0.39, 0.29) is 17.3 Å². The number of hydrogen-bond donors (Lipinski definition) is 1. The van der Waals surface area contributed by atoms with E-state index in [0.29, 0.717) is 21.4 Å². The van der Waals surface area contributed by atoms with E-state index in [0.717, 1.165) is 16.8 Å². The molecule has 140 valence electrons. The highest BCUT2D eigenvalue weighted by atomic mass is 127. The third kappa shape index (κ3) is 2.52. The number of carbonyl (C=O) groups is 1. The van der Waals surface area contributed by atoms with Gasteiger partial charge >= 0.3 is 0 Å². The molecular weight excluding hydrogens is 456 g/mol. The summed E-state index contributed by atoms with van der Waals surface area (Å²) in [7, 11) is 1.84. The van der Waals surface area contributed by atoms with Crippen LogP contribution in [0.1, 0.15) is 38.3 Å². The minimum absolute atomic E-state index is 0.0363. The number of anilines is 1. The van der Waals surface area contributed by atoms with Gasteiger partial charge in [-0.3, -0.25) is 4.79 Å². The van der Waals surface area contributed by atoms with Crippen LogP contribution in [0.25, 0.3) is 0 Å². The van der Waals surface area contributed by atoms with Gasteiger partial charge in [0, 0.05) is 30.3 Å². The van der Waals surface area contributed by atoms with Crippen LogP contribution in [-0.4, -0.2) is 28.4 Å². The first-order valence-corrected chi connectivity index (χ1v) is 9.94. The van der Waals surface area contributed by atoms with E-state index in [1.165, 1.54) is 6.20 Å². The molecule has 1 aromatic carbocycles. The van der Waals surface area contributed by atoms with E-state index in [1.54, 1.807) is 4.90 Å². The average Bonchev–Trinajstić information content (AvgIpc) is 2.63. The molecule has 1 atom stereocenters. The summed E-state index contributed by atoms with van der Waals surface area (Å²) in [5.41, 5.74) is 2.11. The molecule has 1 unspecified atom stereocenters. The molecule has 2 aliphatic heterocycles. The first-order valence-electron chi connectivity index (χ1n) is 8.86. The zero-order valence-electron chi connectivity index (χ0n) is 15.7. The molecular formula is C21H21FIN3O. The molecule has 0 bridgehead atoms. The zero-order chi connectivity index (χ0) is 19.6. The number of amides is 1. The minimum Gasteiger partial charge on any atom is -0.343 e. The van der Waals surface area contributed by atoms with Crippen molar-refractivity contribution in [1.29, 1.82) is 0 Å². The lowest BCUT2D eigenvalue weighted by molar-refractivity contribution is -0.132. The lowest BCUT2D eigenvalue weighted by atomic mass is 9.65. The maximum Gasteiger partial charge on any atom is 0.252 e. The smallest absolute Gasteiger partial charge is 0.252 e. The second-order valence-corrected chi connectivity index (χ2v) is 9.05. The van der Waals surface area contributed by atoms with Gasteiger partial charge in [0.25, 0.3) is 5.91 Å². The Bertz CT molecular complexity index is 986. The molecule has 3 heterocycles. The van der Waals surface area contributed by atoms with E-state index < -0.39 is 5.41 Å². The number of rotatable bonds is 1. The molecule has 27 heavy (non-hydrogen) atoms. The second kappa shape index (κ2) is 6.02. The van der Waals surface area contributed by atoms with Gasteiger partial charge in [-0.1, -0.05) is 30.3 Å². The largest absolute Gasteiger partial charge is 0.343 e. The van der Waals surface area contributed by atoms with E-state index in [4.69, 9.17) is 0 Å². The highest BCUT2D eigenvalue weighted by Crippen LogP contribution is 2.51. The fourth-order valence-electron chi connectivity index (χ4n) is 4.18. The van der Waals surface area contributed by atoms with Crippen molar-refractivity contribution in [3.8, 4) is 0 Å². The first-order chi connectivity index (χ1) is 12.7. The van der Waals surface area contributed by atoms with Crippen LogP contribution in [-0.2, 0) is 10.2 Å². The predicted octanol–water partition coefficient (Wildman–Crippen LogP) is 4.45. The van der Waals surface area contributed by atoms with Gasteiger partial charge in [-0.2, -0.15) is 0 Å². The van der Waals surface area contributed by atoms with Crippen molar-refractivity contribution < 1.29 is 9.18 Å². The summed E-state index contributed by atoms with van der Waals surface area (Å²) in [5, 5.41) is 3.35. The number of hydrogen-bond acceptors (Lipinski definition) is 3. The Morgan fingerprint density at radius 1 is 1.22 bits per heavy atom. The van der Waals surface area contributed by atoms with Gasteiger partial charge in [0.15, 0.2) is 5.82 Å². The molecule has 1 aromatic heterocycles. The Kier molecular flexibility index (Phi) is 4.10. The van der Waals surface area contributed by atoms with Gasteiger partial charge in [0.05, 0.1) is 20.8 Å². The fraction of sp³-hybridized carbons (Fsp3) is 0.333. The molecule has 0 saturated heterocycles. The van der Waals surface area contributed by atoms with E-state index in [1.807, 2.05) is 80.7 Å². The molecule has 0 saturated carbocycles. The Labute approximate surface area is 172 Å². The average molecular weight is 477 g/mol. The number of halogens is 2. The Morgan fingerprint density at radius 2 is 1.89 bits per heavy atom. The number of aromatic nitrogens is 1. The second-order valence-electron chi connectivity index (χ2n) is 7.97. The Balaban J connectivity index is 2.08. The maximum atomic E-state index is 14.5. The van der Waals surface area contributed by atoms with Crippen LogP contribution < -0.4 is 5.32 Å². The first kappa shape index (κ1) is 18.4. The molecule has 0 fully saturated rings. The quantitative estimate of drug-likeness (QED) is 0.618. The van der Waals surface area contributed by atoms with Crippen LogP contribution in [0.4, 0.5) is 10.2 Å². The van der Waals surface area contributed by atoms with Gasteiger partial charge < -0.3 is 10.2 Å². The van der Waals surface area contributed by atoms with Crippen molar-refractivity contribution in [2.75, 3.05) is 12.4 Å². The summed E-state index contributed by atoms with van der Waals surface area (Å²) in [6.45, 7) is 6.10. The fourth-order valence-corrected chi connectivity index (χ4v) is 5.11. The molecule has 0 aliphatic carbocycles. The summed E-state index contributed by atoms with van der Waals surface area (Å²) in [5.74, 6) is 0.212. The van der Waals surface area contributed by atoms with Gasteiger partial charge in [-0.25, -0.2) is 9.37 Å². The molecule has 6 heteroatoms. The molecule has 1 amide bonds. The summed E-state index contributed by atoms with van der Waals surface area (Å²) in [6, 6.07) is 9.82. The molecule has 0 spiro atoms. The molecule has 4 nitrogen and oxygen atoms in total. The summed E-state index contributed by atoms with van der Waals surface area (Å²) >= 11 is 2.02. The van der Waals surface area contributed by atoms with Gasteiger partial charge in [-0.05, 0) is 48.9 Å². The summed E-state index contributed by atoms with van der Waals surface area (Å²) in [4.78, 5) is 19.6. The summed E-state index contributed by atoms with van der Waals surface area (Å²) < 4.78 is 15.0. The molecule has 2 aromatic rings. The van der Waals surface area contributed by atoms with Gasteiger partial charge in [-0.15, -0.1) is 0 Å². The number of fused-ring (bicyclic) bond motifs is 1. The monoisotopic (exact) mass is 477 g/mol.